The van der Waals surface area contributed by atoms with Gasteiger partial charge in [0.25, 0.3) is 10.0 Å². The van der Waals surface area contributed by atoms with E-state index in [0.717, 1.165) is 4.31 Å². The first kappa shape index (κ1) is 33.8. The molecule has 4 rings (SSSR count). The molecule has 4 aromatic carbocycles. The van der Waals surface area contributed by atoms with Crippen LogP contribution >= 0.6 is 23.2 Å². The second-order valence-electron chi connectivity index (χ2n) is 10.6. The van der Waals surface area contributed by atoms with E-state index in [-0.39, 0.29) is 35.5 Å². The van der Waals surface area contributed by atoms with Crippen LogP contribution in [-0.2, 0) is 26.2 Å². The number of rotatable bonds is 13. The Balaban J connectivity index is 1.73. The van der Waals surface area contributed by atoms with Gasteiger partial charge in [-0.25, -0.2) is 8.42 Å². The van der Waals surface area contributed by atoms with Crippen molar-refractivity contribution in [2.45, 2.75) is 50.7 Å². The van der Waals surface area contributed by atoms with E-state index in [2.05, 4.69) is 5.32 Å². The molecule has 1 N–H and O–H groups in total. The Morgan fingerprint density at radius 1 is 0.844 bits per heavy atom. The number of hydrogen-bond acceptors (Lipinski definition) is 5. The molecule has 8 nitrogen and oxygen atoms in total. The topological polar surface area (TPSA) is 96.0 Å². The molecular formula is C34H35Cl2N3O5S. The average molecular weight is 669 g/mol. The van der Waals surface area contributed by atoms with Crippen LogP contribution in [-0.4, -0.2) is 43.8 Å². The fourth-order valence-electron chi connectivity index (χ4n) is 4.69. The molecule has 45 heavy (non-hydrogen) atoms. The summed E-state index contributed by atoms with van der Waals surface area (Å²) in [6.07, 6.45) is 0.284. The van der Waals surface area contributed by atoms with Crippen LogP contribution in [0.3, 0.4) is 0 Å². The number of nitrogens with zero attached hydrogens (tertiary/aromatic N) is 2. The van der Waals surface area contributed by atoms with Gasteiger partial charge in [-0.3, -0.25) is 13.9 Å². The van der Waals surface area contributed by atoms with E-state index in [1.807, 2.05) is 32.0 Å². The maximum absolute atomic E-state index is 14.2. The highest BCUT2D eigenvalue weighted by Crippen LogP contribution is 2.29. The molecule has 236 valence electrons. The number of anilines is 1. The Kier molecular flexibility index (Phi) is 11.5. The second kappa shape index (κ2) is 15.3. The molecule has 0 heterocycles. The summed E-state index contributed by atoms with van der Waals surface area (Å²) in [5.41, 5.74) is 0.807. The van der Waals surface area contributed by atoms with Crippen LogP contribution in [0, 0.1) is 0 Å². The van der Waals surface area contributed by atoms with Crippen molar-refractivity contribution in [3.8, 4) is 11.5 Å². The van der Waals surface area contributed by atoms with Gasteiger partial charge in [-0.05, 0) is 86.5 Å². The zero-order valence-corrected chi connectivity index (χ0v) is 27.5. The normalized spacial score (nSPS) is 12.0. The summed E-state index contributed by atoms with van der Waals surface area (Å²) in [6.45, 7) is 4.82. The third-order valence-corrected chi connectivity index (χ3v) is 9.26. The summed E-state index contributed by atoms with van der Waals surface area (Å²) in [4.78, 5) is 28.9. The summed E-state index contributed by atoms with van der Waals surface area (Å²) in [7, 11) is -4.21. The van der Waals surface area contributed by atoms with Crippen LogP contribution in [0.25, 0.3) is 0 Å². The zero-order valence-electron chi connectivity index (χ0n) is 25.2. The molecule has 0 radical (unpaired) electrons. The van der Waals surface area contributed by atoms with Gasteiger partial charge in [-0.15, -0.1) is 0 Å². The quantitative estimate of drug-likeness (QED) is 0.161. The summed E-state index contributed by atoms with van der Waals surface area (Å²) in [5.74, 6) is 0.168. The molecule has 0 spiro atoms. The van der Waals surface area contributed by atoms with Crippen LogP contribution in [0.5, 0.6) is 11.5 Å². The van der Waals surface area contributed by atoms with Gasteiger partial charge in [-0.1, -0.05) is 72.6 Å². The molecule has 0 aromatic heterocycles. The number of sulfonamides is 1. The van der Waals surface area contributed by atoms with Crippen LogP contribution in [0.1, 0.15) is 32.8 Å². The Hall–Kier alpha value is -4.05. The molecule has 0 unspecified atom stereocenters. The largest absolute Gasteiger partial charge is 0.457 e. The van der Waals surface area contributed by atoms with Gasteiger partial charge in [0, 0.05) is 22.6 Å². The van der Waals surface area contributed by atoms with Gasteiger partial charge in [0.05, 0.1) is 10.6 Å². The molecule has 0 saturated heterocycles. The van der Waals surface area contributed by atoms with Crippen molar-refractivity contribution < 1.29 is 22.7 Å². The first-order valence-corrected chi connectivity index (χ1v) is 16.6. The molecule has 4 aromatic rings. The van der Waals surface area contributed by atoms with Crippen molar-refractivity contribution in [2.24, 2.45) is 0 Å². The molecule has 1 atom stereocenters. The first-order valence-electron chi connectivity index (χ1n) is 14.4. The van der Waals surface area contributed by atoms with E-state index in [4.69, 9.17) is 27.9 Å². The molecule has 0 aliphatic heterocycles. The van der Waals surface area contributed by atoms with E-state index in [0.29, 0.717) is 27.1 Å². The number of amides is 2. The fraction of sp³-hybridized carbons (Fsp3) is 0.235. The lowest BCUT2D eigenvalue weighted by atomic mass is 10.1. The maximum Gasteiger partial charge on any atom is 0.264 e. The van der Waals surface area contributed by atoms with Gasteiger partial charge >= 0.3 is 0 Å². The van der Waals surface area contributed by atoms with Crippen LogP contribution in [0.2, 0.25) is 10.0 Å². The van der Waals surface area contributed by atoms with Crippen molar-refractivity contribution in [2.75, 3.05) is 10.8 Å². The van der Waals surface area contributed by atoms with E-state index >= 15 is 0 Å². The lowest BCUT2D eigenvalue weighted by molar-refractivity contribution is -0.140. The number of nitrogens with one attached hydrogen (secondary N) is 1. The van der Waals surface area contributed by atoms with Gasteiger partial charge in [-0.2, -0.15) is 0 Å². The van der Waals surface area contributed by atoms with E-state index in [1.165, 1.54) is 17.0 Å². The van der Waals surface area contributed by atoms with E-state index < -0.39 is 28.5 Å². The highest BCUT2D eigenvalue weighted by Gasteiger charge is 2.34. The average Bonchev–Trinajstić information content (AvgIpc) is 3.01. The van der Waals surface area contributed by atoms with Crippen LogP contribution < -0.4 is 14.4 Å². The lowest BCUT2D eigenvalue weighted by Crippen LogP contribution is -2.53. The highest BCUT2D eigenvalue weighted by atomic mass is 35.5. The van der Waals surface area contributed by atoms with Crippen molar-refractivity contribution in [3.63, 3.8) is 0 Å². The first-order chi connectivity index (χ1) is 21.5. The third kappa shape index (κ3) is 8.78. The zero-order chi connectivity index (χ0) is 32.6. The minimum atomic E-state index is -4.21. The number of ether oxygens (including phenoxy) is 1. The Bertz CT molecular complexity index is 1700. The van der Waals surface area contributed by atoms with Gasteiger partial charge < -0.3 is 15.0 Å². The number of carbonyl (C=O) groups is 2. The molecule has 0 bridgehead atoms. The molecular weight excluding hydrogens is 633 g/mol. The Morgan fingerprint density at radius 2 is 1.44 bits per heavy atom. The van der Waals surface area contributed by atoms with Crippen molar-refractivity contribution in [1.29, 1.82) is 0 Å². The molecule has 0 saturated carbocycles. The summed E-state index contributed by atoms with van der Waals surface area (Å²) in [6, 6.07) is 27.3. The number of halogens is 2. The van der Waals surface area contributed by atoms with Gasteiger partial charge in [0.2, 0.25) is 11.8 Å². The van der Waals surface area contributed by atoms with Crippen molar-refractivity contribution in [3.05, 3.63) is 119 Å². The van der Waals surface area contributed by atoms with E-state index in [9.17, 15) is 18.0 Å². The molecule has 0 fully saturated rings. The maximum atomic E-state index is 14.2. The van der Waals surface area contributed by atoms with Crippen molar-refractivity contribution in [1.82, 2.24) is 10.2 Å². The van der Waals surface area contributed by atoms with Gasteiger partial charge in [0.1, 0.15) is 24.1 Å². The number of hydrogen-bond donors (Lipinski definition) is 1. The Morgan fingerprint density at radius 3 is 2.02 bits per heavy atom. The van der Waals surface area contributed by atoms with Crippen LogP contribution in [0.15, 0.2) is 108 Å². The summed E-state index contributed by atoms with van der Waals surface area (Å²) in [5, 5.41) is 3.62. The predicted octanol–water partition coefficient (Wildman–Crippen LogP) is 7.31. The third-order valence-electron chi connectivity index (χ3n) is 6.89. The predicted molar refractivity (Wildman–Crippen MR) is 178 cm³/mol. The monoisotopic (exact) mass is 667 g/mol. The van der Waals surface area contributed by atoms with E-state index in [1.54, 1.807) is 79.7 Å². The summed E-state index contributed by atoms with van der Waals surface area (Å²) < 4.78 is 35.0. The highest BCUT2D eigenvalue weighted by molar-refractivity contribution is 7.92. The minimum absolute atomic E-state index is 0.0132. The number of benzene rings is 4. The Labute approximate surface area is 274 Å². The molecule has 11 heteroatoms. The molecule has 0 aliphatic rings. The number of para-hydroxylation sites is 1. The smallest absolute Gasteiger partial charge is 0.264 e. The van der Waals surface area contributed by atoms with Crippen molar-refractivity contribution >= 4 is 50.7 Å². The lowest BCUT2D eigenvalue weighted by Gasteiger charge is -2.33. The number of carbonyl (C=O) groups excluding carboxylic acids is 2. The summed E-state index contributed by atoms with van der Waals surface area (Å²) >= 11 is 12.6. The molecule has 2 amide bonds. The standard InChI is InChI=1S/C34H35Cl2N3O5S/c1-4-32(34(41)37-24(2)3)38(22-25-15-16-26(35)21-31(25)36)33(40)23-39(45(42,43)30-13-9-6-10-14-30)27-17-19-29(20-18-27)44-28-11-7-5-8-12-28/h5-21,24,32H,4,22-23H2,1-3H3,(H,37,41)/t32-/m1/s1. The molecule has 0 aliphatic carbocycles. The van der Waals surface area contributed by atoms with Gasteiger partial charge in [0.15, 0.2) is 0 Å². The minimum Gasteiger partial charge on any atom is -0.457 e. The SMILES string of the molecule is CC[C@H](C(=O)NC(C)C)N(Cc1ccc(Cl)cc1Cl)C(=O)CN(c1ccc(Oc2ccccc2)cc1)S(=O)(=O)c1ccccc1. The fourth-order valence-corrected chi connectivity index (χ4v) is 6.59. The van der Waals surface area contributed by atoms with Crippen LogP contribution in [0.4, 0.5) is 5.69 Å². The second-order valence-corrected chi connectivity index (χ2v) is 13.3.